The molecule has 0 N–H and O–H groups in total. The van der Waals surface area contributed by atoms with Gasteiger partial charge in [0.05, 0.1) is 5.02 Å². The smallest absolute Gasteiger partial charge is 0.138 e. The van der Waals surface area contributed by atoms with Gasteiger partial charge in [-0.25, -0.2) is 0 Å². The molecule has 2 aromatic carbocycles. The molecule has 0 spiro atoms. The Kier molecular flexibility index (Phi) is 5.38. The predicted octanol–water partition coefficient (Wildman–Crippen LogP) is 5.74. The molecule has 1 nitrogen and oxygen atoms in total. The highest BCUT2D eigenvalue weighted by Crippen LogP contribution is 2.32. The average molecular weight is 316 g/mol. The molecule has 1 atom stereocenters. The fourth-order valence-corrected chi connectivity index (χ4v) is 2.44. The third-order valence-corrected chi connectivity index (χ3v) is 3.45. The first-order valence-electron chi connectivity index (χ1n) is 5.93. The summed E-state index contributed by atoms with van der Waals surface area (Å²) in [6.45, 7) is 0. The zero-order valence-corrected chi connectivity index (χ0v) is 12.4. The topological polar surface area (TPSA) is 9.23 Å². The molecule has 0 unspecified atom stereocenters. The van der Waals surface area contributed by atoms with E-state index in [1.54, 1.807) is 18.2 Å². The molecular formula is C15H13Cl3O. The quantitative estimate of drug-likeness (QED) is 0.639. The number of alkyl halides is 1. The molecule has 0 saturated carbocycles. The van der Waals surface area contributed by atoms with Crippen LogP contribution in [-0.4, -0.2) is 5.88 Å². The Morgan fingerprint density at radius 3 is 2.37 bits per heavy atom. The van der Waals surface area contributed by atoms with Gasteiger partial charge in [-0.3, -0.25) is 0 Å². The third kappa shape index (κ3) is 4.04. The Morgan fingerprint density at radius 1 is 1.00 bits per heavy atom. The summed E-state index contributed by atoms with van der Waals surface area (Å²) in [5.74, 6) is 1.13. The van der Waals surface area contributed by atoms with Gasteiger partial charge in [0.15, 0.2) is 0 Å². The van der Waals surface area contributed by atoms with E-state index in [2.05, 4.69) is 0 Å². The standard InChI is InChI=1S/C15H13Cl3O/c16-9-8-14(11-4-2-1-3-5-11)19-15-7-6-12(17)10-13(15)18/h1-7,10,14H,8-9H2/t14-/m1/s1. The van der Waals surface area contributed by atoms with Crippen LogP contribution in [0.4, 0.5) is 0 Å². The van der Waals surface area contributed by atoms with Crippen LogP contribution in [0.1, 0.15) is 18.1 Å². The zero-order valence-electron chi connectivity index (χ0n) is 10.2. The number of hydrogen-bond donors (Lipinski definition) is 0. The molecular weight excluding hydrogens is 303 g/mol. The molecule has 0 aliphatic carbocycles. The number of benzene rings is 2. The van der Waals surface area contributed by atoms with Crippen molar-refractivity contribution in [2.45, 2.75) is 12.5 Å². The average Bonchev–Trinajstić information content (AvgIpc) is 2.42. The van der Waals surface area contributed by atoms with Crippen molar-refractivity contribution in [1.82, 2.24) is 0 Å². The molecule has 0 amide bonds. The number of rotatable bonds is 5. The molecule has 0 bridgehead atoms. The molecule has 0 aliphatic rings. The number of halogens is 3. The minimum Gasteiger partial charge on any atom is -0.484 e. The van der Waals surface area contributed by atoms with Crippen molar-refractivity contribution < 1.29 is 4.74 Å². The zero-order chi connectivity index (χ0) is 13.7. The molecule has 0 aliphatic heterocycles. The highest BCUT2D eigenvalue weighted by Gasteiger charge is 2.14. The van der Waals surface area contributed by atoms with Crippen LogP contribution in [0, 0.1) is 0 Å². The van der Waals surface area contributed by atoms with Crippen LogP contribution >= 0.6 is 34.8 Å². The van der Waals surface area contributed by atoms with E-state index in [1.807, 2.05) is 30.3 Å². The maximum Gasteiger partial charge on any atom is 0.138 e. The second-order valence-corrected chi connectivity index (χ2v) is 5.29. The van der Waals surface area contributed by atoms with E-state index < -0.39 is 0 Å². The first-order chi connectivity index (χ1) is 9.20. The Bertz CT molecular complexity index is 528. The van der Waals surface area contributed by atoms with Gasteiger partial charge >= 0.3 is 0 Å². The summed E-state index contributed by atoms with van der Waals surface area (Å²) in [7, 11) is 0. The molecule has 19 heavy (non-hydrogen) atoms. The highest BCUT2D eigenvalue weighted by atomic mass is 35.5. The molecule has 0 saturated heterocycles. The fraction of sp³-hybridized carbons (Fsp3) is 0.200. The summed E-state index contributed by atoms with van der Waals surface area (Å²) in [4.78, 5) is 0. The van der Waals surface area contributed by atoms with Crippen molar-refractivity contribution in [3.8, 4) is 5.75 Å². The van der Waals surface area contributed by atoms with Crippen LogP contribution < -0.4 is 4.74 Å². The van der Waals surface area contributed by atoms with E-state index in [9.17, 15) is 0 Å². The van der Waals surface area contributed by atoms with Gasteiger partial charge < -0.3 is 4.74 Å². The fourth-order valence-electron chi connectivity index (χ4n) is 1.78. The van der Waals surface area contributed by atoms with Gasteiger partial charge in [-0.15, -0.1) is 11.6 Å². The maximum absolute atomic E-state index is 6.12. The van der Waals surface area contributed by atoms with Gasteiger partial charge in [-0.2, -0.15) is 0 Å². The van der Waals surface area contributed by atoms with Crippen molar-refractivity contribution in [3.63, 3.8) is 0 Å². The minimum atomic E-state index is -0.114. The Labute approximate surface area is 128 Å². The van der Waals surface area contributed by atoms with Crippen molar-refractivity contribution in [1.29, 1.82) is 0 Å². The molecule has 100 valence electrons. The Balaban J connectivity index is 2.21. The van der Waals surface area contributed by atoms with E-state index in [4.69, 9.17) is 39.5 Å². The van der Waals surface area contributed by atoms with Crippen molar-refractivity contribution in [2.75, 3.05) is 5.88 Å². The van der Waals surface area contributed by atoms with Crippen LogP contribution in [-0.2, 0) is 0 Å². The molecule has 0 radical (unpaired) electrons. The highest BCUT2D eigenvalue weighted by molar-refractivity contribution is 6.35. The molecule has 0 heterocycles. The lowest BCUT2D eigenvalue weighted by atomic mass is 10.1. The van der Waals surface area contributed by atoms with Gasteiger partial charge in [-0.05, 0) is 23.8 Å². The summed E-state index contributed by atoms with van der Waals surface area (Å²) >= 11 is 17.8. The van der Waals surface area contributed by atoms with Crippen molar-refractivity contribution in [3.05, 3.63) is 64.1 Å². The summed E-state index contributed by atoms with van der Waals surface area (Å²) in [6.07, 6.45) is 0.599. The van der Waals surface area contributed by atoms with Gasteiger partial charge in [0.1, 0.15) is 11.9 Å². The number of hydrogen-bond acceptors (Lipinski definition) is 1. The lowest BCUT2D eigenvalue weighted by Crippen LogP contribution is -2.08. The molecule has 2 aromatic rings. The third-order valence-electron chi connectivity index (χ3n) is 2.71. The van der Waals surface area contributed by atoms with Crippen molar-refractivity contribution in [2.24, 2.45) is 0 Å². The summed E-state index contributed by atoms with van der Waals surface area (Å²) in [5.41, 5.74) is 1.08. The van der Waals surface area contributed by atoms with Crippen LogP contribution in [0.2, 0.25) is 10.0 Å². The molecule has 0 aromatic heterocycles. The van der Waals surface area contributed by atoms with Gasteiger partial charge in [0, 0.05) is 17.3 Å². The van der Waals surface area contributed by atoms with Crippen LogP contribution in [0.3, 0.4) is 0 Å². The SMILES string of the molecule is ClCC[C@@H](Oc1ccc(Cl)cc1Cl)c1ccccc1. The van der Waals surface area contributed by atoms with E-state index in [0.29, 0.717) is 28.1 Å². The van der Waals surface area contributed by atoms with Crippen LogP contribution in [0.5, 0.6) is 5.75 Å². The largest absolute Gasteiger partial charge is 0.484 e. The minimum absolute atomic E-state index is 0.114. The van der Waals surface area contributed by atoms with Gasteiger partial charge in [0.25, 0.3) is 0 Å². The summed E-state index contributed by atoms with van der Waals surface area (Å²) in [6, 6.07) is 15.1. The molecule has 2 rings (SSSR count). The van der Waals surface area contributed by atoms with E-state index in [0.717, 1.165) is 5.56 Å². The second-order valence-electron chi connectivity index (χ2n) is 4.07. The van der Waals surface area contributed by atoms with Gasteiger partial charge in [0.2, 0.25) is 0 Å². The van der Waals surface area contributed by atoms with Crippen LogP contribution in [0.15, 0.2) is 48.5 Å². The molecule has 0 fully saturated rings. The predicted molar refractivity (Wildman–Crippen MR) is 81.6 cm³/mol. The summed E-state index contributed by atoms with van der Waals surface area (Å²) < 4.78 is 5.95. The monoisotopic (exact) mass is 314 g/mol. The first-order valence-corrected chi connectivity index (χ1v) is 7.22. The van der Waals surface area contributed by atoms with E-state index in [-0.39, 0.29) is 6.10 Å². The first kappa shape index (κ1) is 14.5. The lowest BCUT2D eigenvalue weighted by Gasteiger charge is -2.19. The van der Waals surface area contributed by atoms with Gasteiger partial charge in [-0.1, -0.05) is 53.5 Å². The van der Waals surface area contributed by atoms with E-state index in [1.165, 1.54) is 0 Å². The van der Waals surface area contributed by atoms with Crippen LogP contribution in [0.25, 0.3) is 0 Å². The van der Waals surface area contributed by atoms with E-state index >= 15 is 0 Å². The number of ether oxygens (including phenoxy) is 1. The van der Waals surface area contributed by atoms with Crippen molar-refractivity contribution >= 4 is 34.8 Å². The lowest BCUT2D eigenvalue weighted by molar-refractivity contribution is 0.202. The summed E-state index contributed by atoms with van der Waals surface area (Å²) in [5, 5.41) is 1.09. The Morgan fingerprint density at radius 2 is 1.74 bits per heavy atom. The normalized spacial score (nSPS) is 12.2. The maximum atomic E-state index is 6.12. The second kappa shape index (κ2) is 7.04. The molecule has 4 heteroatoms. The Hall–Kier alpha value is -0.890.